The average molecular weight is 369 g/mol. The Labute approximate surface area is 157 Å². The van der Waals surface area contributed by atoms with E-state index in [9.17, 15) is 14.0 Å². The first-order valence-corrected chi connectivity index (χ1v) is 9.66. The topological polar surface area (TPSA) is 65.2 Å². The van der Waals surface area contributed by atoms with Crippen LogP contribution in [0.5, 0.6) is 0 Å². The standard InChI is InChI=1S/C21H24FN3O2/c22-16-7-4-6-15(11-16)19-13-23-9-10-25(19)21(27)17-12-14-5-2-1-3-8-18(14)24-20(17)26/h4,6-7,11-12,19,23H,1-3,5,8-10,13H2,(H,24,26). The van der Waals surface area contributed by atoms with Gasteiger partial charge < -0.3 is 15.2 Å². The van der Waals surface area contributed by atoms with Gasteiger partial charge in [0, 0.05) is 25.3 Å². The zero-order chi connectivity index (χ0) is 18.8. The van der Waals surface area contributed by atoms with Gasteiger partial charge in [-0.15, -0.1) is 0 Å². The van der Waals surface area contributed by atoms with Crippen molar-refractivity contribution in [3.8, 4) is 0 Å². The van der Waals surface area contributed by atoms with Crippen molar-refractivity contribution in [2.45, 2.75) is 38.1 Å². The van der Waals surface area contributed by atoms with Gasteiger partial charge in [0.15, 0.2) is 0 Å². The lowest BCUT2D eigenvalue weighted by atomic mass is 10.0. The average Bonchev–Trinajstić information content (AvgIpc) is 2.91. The van der Waals surface area contributed by atoms with E-state index in [0.717, 1.165) is 48.9 Å². The van der Waals surface area contributed by atoms with Crippen molar-refractivity contribution in [2.24, 2.45) is 0 Å². The van der Waals surface area contributed by atoms with Crippen molar-refractivity contribution in [1.82, 2.24) is 15.2 Å². The fourth-order valence-electron chi connectivity index (χ4n) is 4.12. The zero-order valence-electron chi connectivity index (χ0n) is 15.3. The fraction of sp³-hybridized carbons (Fsp3) is 0.429. The smallest absolute Gasteiger partial charge is 0.261 e. The Kier molecular flexibility index (Phi) is 5.07. The quantitative estimate of drug-likeness (QED) is 0.800. The second-order valence-electron chi connectivity index (χ2n) is 7.35. The third kappa shape index (κ3) is 3.67. The van der Waals surface area contributed by atoms with Crippen LogP contribution in [0.25, 0.3) is 0 Å². The summed E-state index contributed by atoms with van der Waals surface area (Å²) in [6, 6.07) is 7.81. The summed E-state index contributed by atoms with van der Waals surface area (Å²) in [7, 11) is 0. The maximum absolute atomic E-state index is 13.7. The van der Waals surface area contributed by atoms with Gasteiger partial charge in [0.1, 0.15) is 11.4 Å². The van der Waals surface area contributed by atoms with Gasteiger partial charge in [0.05, 0.1) is 6.04 Å². The summed E-state index contributed by atoms with van der Waals surface area (Å²) in [5.41, 5.74) is 2.65. The van der Waals surface area contributed by atoms with Crippen LogP contribution >= 0.6 is 0 Å². The minimum atomic E-state index is -0.326. The van der Waals surface area contributed by atoms with E-state index in [-0.39, 0.29) is 28.9 Å². The van der Waals surface area contributed by atoms with Crippen LogP contribution in [0.4, 0.5) is 4.39 Å². The summed E-state index contributed by atoms with van der Waals surface area (Å²) in [6.07, 6.45) is 5.03. The molecule has 5 nitrogen and oxygen atoms in total. The van der Waals surface area contributed by atoms with Gasteiger partial charge in [-0.2, -0.15) is 0 Å². The molecule has 0 bridgehead atoms. The van der Waals surface area contributed by atoms with Crippen LogP contribution in [0, 0.1) is 5.82 Å². The molecular formula is C21H24FN3O2. The van der Waals surface area contributed by atoms with E-state index >= 15 is 0 Å². The molecule has 1 saturated heterocycles. The van der Waals surface area contributed by atoms with E-state index in [2.05, 4.69) is 10.3 Å². The van der Waals surface area contributed by atoms with E-state index < -0.39 is 0 Å². The first kappa shape index (κ1) is 17.9. The number of fused-ring (bicyclic) bond motifs is 1. The van der Waals surface area contributed by atoms with Crippen molar-refractivity contribution in [3.63, 3.8) is 0 Å². The van der Waals surface area contributed by atoms with Crippen LogP contribution in [0.1, 0.15) is 52.5 Å². The number of nitrogens with one attached hydrogen (secondary N) is 2. The van der Waals surface area contributed by atoms with E-state index in [0.29, 0.717) is 19.6 Å². The number of aromatic nitrogens is 1. The van der Waals surface area contributed by atoms with Crippen molar-refractivity contribution in [2.75, 3.05) is 19.6 Å². The number of amides is 1. The summed E-state index contributed by atoms with van der Waals surface area (Å²) in [5, 5.41) is 3.26. The molecule has 2 heterocycles. The lowest BCUT2D eigenvalue weighted by molar-refractivity contribution is 0.0632. The molecule has 6 heteroatoms. The van der Waals surface area contributed by atoms with Crippen LogP contribution < -0.4 is 10.9 Å². The summed E-state index contributed by atoms with van der Waals surface area (Å²) in [5.74, 6) is -0.604. The molecule has 1 amide bonds. The van der Waals surface area contributed by atoms with Gasteiger partial charge in [0.2, 0.25) is 0 Å². The Balaban J connectivity index is 1.68. The highest BCUT2D eigenvalue weighted by molar-refractivity contribution is 5.94. The Morgan fingerprint density at radius 2 is 2.00 bits per heavy atom. The summed E-state index contributed by atoms with van der Waals surface area (Å²) < 4.78 is 13.7. The molecule has 1 aromatic carbocycles. The number of hydrogen-bond donors (Lipinski definition) is 2. The van der Waals surface area contributed by atoms with E-state index in [4.69, 9.17) is 0 Å². The first-order valence-electron chi connectivity index (χ1n) is 9.66. The number of carbonyl (C=O) groups is 1. The predicted octanol–water partition coefficient (Wildman–Crippen LogP) is 2.57. The second-order valence-corrected chi connectivity index (χ2v) is 7.35. The number of rotatable bonds is 2. The van der Waals surface area contributed by atoms with E-state index in [1.807, 2.05) is 6.07 Å². The maximum atomic E-state index is 13.7. The van der Waals surface area contributed by atoms with Crippen LogP contribution in [0.15, 0.2) is 35.1 Å². The van der Waals surface area contributed by atoms with Crippen molar-refractivity contribution >= 4 is 5.91 Å². The fourth-order valence-corrected chi connectivity index (χ4v) is 4.12. The molecule has 1 atom stereocenters. The number of nitrogens with zero attached hydrogens (tertiary/aromatic N) is 1. The van der Waals surface area contributed by atoms with Crippen LogP contribution in [0.3, 0.4) is 0 Å². The van der Waals surface area contributed by atoms with E-state index in [1.165, 1.54) is 12.1 Å². The highest BCUT2D eigenvalue weighted by atomic mass is 19.1. The molecule has 1 aliphatic carbocycles. The number of hydrogen-bond acceptors (Lipinski definition) is 3. The number of piperazine rings is 1. The van der Waals surface area contributed by atoms with Crippen molar-refractivity contribution < 1.29 is 9.18 Å². The number of benzene rings is 1. The Hall–Kier alpha value is -2.47. The molecule has 0 saturated carbocycles. The largest absolute Gasteiger partial charge is 0.329 e. The molecule has 142 valence electrons. The maximum Gasteiger partial charge on any atom is 0.261 e. The Bertz CT molecular complexity index is 909. The highest BCUT2D eigenvalue weighted by Crippen LogP contribution is 2.25. The van der Waals surface area contributed by atoms with Gasteiger partial charge in [0.25, 0.3) is 11.5 Å². The highest BCUT2D eigenvalue weighted by Gasteiger charge is 2.30. The number of aryl methyl sites for hydroxylation is 2. The summed E-state index contributed by atoms with van der Waals surface area (Å²) in [4.78, 5) is 30.5. The first-order chi connectivity index (χ1) is 13.1. The van der Waals surface area contributed by atoms with Crippen LogP contribution in [0.2, 0.25) is 0 Å². The van der Waals surface area contributed by atoms with Gasteiger partial charge in [-0.05, 0) is 55.0 Å². The number of aromatic amines is 1. The lowest BCUT2D eigenvalue weighted by Crippen LogP contribution is -2.49. The molecule has 1 aliphatic heterocycles. The Morgan fingerprint density at radius 3 is 2.85 bits per heavy atom. The third-order valence-corrected chi connectivity index (χ3v) is 5.56. The number of carbonyl (C=O) groups excluding carboxylic acids is 1. The Morgan fingerprint density at radius 1 is 1.15 bits per heavy atom. The number of pyridine rings is 1. The number of H-pyrrole nitrogens is 1. The van der Waals surface area contributed by atoms with Crippen molar-refractivity contribution in [3.05, 3.63) is 68.9 Å². The molecule has 2 aliphatic rings. The number of halogens is 1. The molecule has 1 aromatic heterocycles. The minimum absolute atomic E-state index is 0.193. The SMILES string of the molecule is O=C(c1cc2c([nH]c1=O)CCCCC2)N1CCNCC1c1cccc(F)c1. The molecule has 0 spiro atoms. The van der Waals surface area contributed by atoms with Crippen LogP contribution in [-0.4, -0.2) is 35.4 Å². The summed E-state index contributed by atoms with van der Waals surface area (Å²) >= 11 is 0. The second kappa shape index (κ2) is 7.64. The molecule has 2 aromatic rings. The van der Waals surface area contributed by atoms with Gasteiger partial charge in [-0.25, -0.2) is 4.39 Å². The van der Waals surface area contributed by atoms with Gasteiger partial charge in [-0.3, -0.25) is 9.59 Å². The summed E-state index contributed by atoms with van der Waals surface area (Å²) in [6.45, 7) is 1.68. The molecule has 0 radical (unpaired) electrons. The molecular weight excluding hydrogens is 345 g/mol. The molecule has 27 heavy (non-hydrogen) atoms. The molecule has 1 fully saturated rings. The molecule has 4 rings (SSSR count). The van der Waals surface area contributed by atoms with E-state index in [1.54, 1.807) is 17.0 Å². The normalized spacial score (nSPS) is 20.0. The zero-order valence-corrected chi connectivity index (χ0v) is 15.3. The molecule has 1 unspecified atom stereocenters. The predicted molar refractivity (Wildman–Crippen MR) is 101 cm³/mol. The monoisotopic (exact) mass is 369 g/mol. The lowest BCUT2D eigenvalue weighted by Gasteiger charge is -2.36. The van der Waals surface area contributed by atoms with Crippen LogP contribution in [-0.2, 0) is 12.8 Å². The van der Waals surface area contributed by atoms with Gasteiger partial charge >= 0.3 is 0 Å². The van der Waals surface area contributed by atoms with Gasteiger partial charge in [-0.1, -0.05) is 18.6 Å². The minimum Gasteiger partial charge on any atom is -0.329 e. The molecule has 2 N–H and O–H groups in total. The van der Waals surface area contributed by atoms with Crippen molar-refractivity contribution in [1.29, 1.82) is 0 Å². The third-order valence-electron chi connectivity index (χ3n) is 5.56.